The van der Waals surface area contributed by atoms with Gasteiger partial charge in [-0.2, -0.15) is 0 Å². The number of carbonyl (C=O) groups excluding carboxylic acids is 2. The molecule has 0 spiro atoms. The zero-order valence-electron chi connectivity index (χ0n) is 19.8. The lowest BCUT2D eigenvalue weighted by molar-refractivity contribution is -0.143. The quantitative estimate of drug-likeness (QED) is 0.251. The Labute approximate surface area is 210 Å². The molecule has 184 valence electrons. The topological polar surface area (TPSA) is 84.9 Å². The van der Waals surface area contributed by atoms with E-state index in [2.05, 4.69) is 29.6 Å². The summed E-state index contributed by atoms with van der Waals surface area (Å²) in [4.78, 5) is 23.4. The molecule has 0 bridgehead atoms. The molecule has 0 heterocycles. The fraction of sp³-hybridized carbons (Fsp3) is 0.286. The molecular formula is C28H30ClNO5. The highest BCUT2D eigenvalue weighted by molar-refractivity contribution is 6.30. The molecule has 7 heteroatoms. The summed E-state index contributed by atoms with van der Waals surface area (Å²) >= 11 is 5.98. The largest absolute Gasteiger partial charge is 0.491 e. The van der Waals surface area contributed by atoms with E-state index in [1.54, 1.807) is 6.07 Å². The van der Waals surface area contributed by atoms with Gasteiger partial charge in [0.2, 0.25) is 5.91 Å². The minimum atomic E-state index is -0.621. The number of carbonyl (C=O) groups is 2. The second-order valence-corrected chi connectivity index (χ2v) is 8.53. The average Bonchev–Trinajstić information content (AvgIpc) is 2.87. The van der Waals surface area contributed by atoms with E-state index in [9.17, 15) is 9.59 Å². The fourth-order valence-corrected chi connectivity index (χ4v) is 3.59. The maximum Gasteiger partial charge on any atom is 0.305 e. The highest BCUT2D eigenvalue weighted by Gasteiger charge is 2.11. The third-order valence-electron chi connectivity index (χ3n) is 5.25. The van der Waals surface area contributed by atoms with Crippen molar-refractivity contribution in [2.24, 2.45) is 0 Å². The normalized spacial score (nSPS) is 10.6. The molecule has 0 fully saturated rings. The molecule has 0 atom stereocenters. The minimum absolute atomic E-state index is 0.250. The number of hydrogen-bond acceptors (Lipinski definition) is 5. The molecule has 0 aliphatic rings. The molecule has 0 aromatic heterocycles. The lowest BCUT2D eigenvalue weighted by atomic mass is 10.00. The van der Waals surface area contributed by atoms with Gasteiger partial charge in [0.15, 0.2) is 0 Å². The number of halogens is 1. The van der Waals surface area contributed by atoms with Crippen LogP contribution in [0, 0.1) is 0 Å². The molecule has 3 aromatic carbocycles. The van der Waals surface area contributed by atoms with Gasteiger partial charge in [0, 0.05) is 11.4 Å². The van der Waals surface area contributed by atoms with E-state index in [-0.39, 0.29) is 12.4 Å². The van der Waals surface area contributed by atoms with Crippen LogP contribution in [-0.4, -0.2) is 36.8 Å². The van der Waals surface area contributed by atoms with E-state index >= 15 is 0 Å². The van der Waals surface area contributed by atoms with Gasteiger partial charge in [0.05, 0.1) is 18.9 Å². The van der Waals surface area contributed by atoms with Gasteiger partial charge in [0.1, 0.15) is 12.4 Å². The summed E-state index contributed by atoms with van der Waals surface area (Å²) < 4.78 is 11.0. The number of aliphatic hydroxyl groups excluding tert-OH is 1. The minimum Gasteiger partial charge on any atom is -0.491 e. The molecule has 0 saturated heterocycles. The smallest absolute Gasteiger partial charge is 0.305 e. The van der Waals surface area contributed by atoms with Crippen LogP contribution in [0.15, 0.2) is 66.7 Å². The van der Waals surface area contributed by atoms with Crippen LogP contribution in [0.4, 0.5) is 5.69 Å². The number of aliphatic hydroxyl groups is 1. The van der Waals surface area contributed by atoms with Gasteiger partial charge >= 0.3 is 5.97 Å². The molecule has 1 amide bonds. The first-order valence-corrected chi connectivity index (χ1v) is 12.0. The van der Waals surface area contributed by atoms with Crippen molar-refractivity contribution < 1.29 is 24.2 Å². The van der Waals surface area contributed by atoms with Crippen molar-refractivity contribution in [2.45, 2.75) is 32.6 Å². The standard InChI is InChI=1S/C28H30ClNO5/c1-2-15-35-28(33)4-3-16-34-26-18-21(7-14-25(26)30-27(32)19-31)17-20-5-8-22(9-6-20)23-10-12-24(29)13-11-23/h5-14,18,31H,2-4,15-17,19H2,1H3,(H,30,32). The third kappa shape index (κ3) is 8.42. The van der Waals surface area contributed by atoms with Gasteiger partial charge in [-0.25, -0.2) is 0 Å². The van der Waals surface area contributed by atoms with Crippen molar-refractivity contribution in [3.8, 4) is 16.9 Å². The second-order valence-electron chi connectivity index (χ2n) is 8.09. The zero-order chi connectivity index (χ0) is 25.0. The van der Waals surface area contributed by atoms with Crippen molar-refractivity contribution in [2.75, 3.05) is 25.1 Å². The van der Waals surface area contributed by atoms with E-state index in [1.807, 2.05) is 43.3 Å². The van der Waals surface area contributed by atoms with Crippen LogP contribution < -0.4 is 10.1 Å². The summed E-state index contributed by atoms with van der Waals surface area (Å²) in [6.45, 7) is 2.03. The number of nitrogens with one attached hydrogen (secondary N) is 1. The fourth-order valence-electron chi connectivity index (χ4n) is 3.47. The van der Waals surface area contributed by atoms with Crippen LogP contribution in [0.1, 0.15) is 37.3 Å². The Kier molecular flexibility index (Phi) is 10.1. The highest BCUT2D eigenvalue weighted by Crippen LogP contribution is 2.28. The van der Waals surface area contributed by atoms with Crippen molar-refractivity contribution >= 4 is 29.2 Å². The Morgan fingerprint density at radius 2 is 1.57 bits per heavy atom. The van der Waals surface area contributed by atoms with Crippen LogP contribution in [-0.2, 0) is 20.7 Å². The number of anilines is 1. The summed E-state index contributed by atoms with van der Waals surface area (Å²) in [5.41, 5.74) is 4.80. The molecule has 3 rings (SSSR count). The van der Waals surface area contributed by atoms with Crippen molar-refractivity contribution in [1.29, 1.82) is 0 Å². The second kappa shape index (κ2) is 13.5. The Hall–Kier alpha value is -3.35. The van der Waals surface area contributed by atoms with E-state index in [0.29, 0.717) is 42.5 Å². The van der Waals surface area contributed by atoms with Crippen molar-refractivity contribution in [3.63, 3.8) is 0 Å². The molecule has 0 aliphatic carbocycles. The summed E-state index contributed by atoms with van der Waals surface area (Å²) in [6, 6.07) is 21.6. The van der Waals surface area contributed by atoms with Crippen LogP contribution >= 0.6 is 11.6 Å². The first-order valence-electron chi connectivity index (χ1n) is 11.7. The van der Waals surface area contributed by atoms with Crippen LogP contribution in [0.3, 0.4) is 0 Å². The summed E-state index contributed by atoms with van der Waals surface area (Å²) in [6.07, 6.45) is 2.21. The van der Waals surface area contributed by atoms with Gasteiger partial charge < -0.3 is 19.9 Å². The summed E-state index contributed by atoms with van der Waals surface area (Å²) in [5.74, 6) is -0.285. The Morgan fingerprint density at radius 3 is 2.23 bits per heavy atom. The predicted octanol–water partition coefficient (Wildman–Crippen LogP) is 5.64. The number of hydrogen-bond donors (Lipinski definition) is 2. The molecule has 3 aromatic rings. The number of ether oxygens (including phenoxy) is 2. The van der Waals surface area contributed by atoms with Crippen LogP contribution in [0.5, 0.6) is 5.75 Å². The van der Waals surface area contributed by atoms with E-state index in [0.717, 1.165) is 28.7 Å². The Balaban J connectivity index is 1.67. The predicted molar refractivity (Wildman–Crippen MR) is 138 cm³/mol. The number of amides is 1. The maximum absolute atomic E-state index is 11.7. The molecular weight excluding hydrogens is 466 g/mol. The lowest BCUT2D eigenvalue weighted by Crippen LogP contribution is -2.16. The van der Waals surface area contributed by atoms with E-state index in [4.69, 9.17) is 26.2 Å². The molecule has 6 nitrogen and oxygen atoms in total. The van der Waals surface area contributed by atoms with Gasteiger partial charge in [0.25, 0.3) is 0 Å². The number of rotatable bonds is 12. The first-order chi connectivity index (χ1) is 17.0. The van der Waals surface area contributed by atoms with Crippen molar-refractivity contribution in [1.82, 2.24) is 0 Å². The first kappa shape index (κ1) is 26.3. The van der Waals surface area contributed by atoms with Gasteiger partial charge in [-0.15, -0.1) is 0 Å². The van der Waals surface area contributed by atoms with Gasteiger partial charge in [-0.1, -0.05) is 61.0 Å². The lowest BCUT2D eigenvalue weighted by Gasteiger charge is -2.14. The molecule has 35 heavy (non-hydrogen) atoms. The average molecular weight is 496 g/mol. The number of esters is 1. The van der Waals surface area contributed by atoms with Gasteiger partial charge in [-0.05, 0) is 65.8 Å². The van der Waals surface area contributed by atoms with Crippen molar-refractivity contribution in [3.05, 3.63) is 82.9 Å². The Morgan fingerprint density at radius 1 is 0.914 bits per heavy atom. The van der Waals surface area contributed by atoms with Crippen LogP contribution in [0.2, 0.25) is 5.02 Å². The summed E-state index contributed by atoms with van der Waals surface area (Å²) in [7, 11) is 0. The molecule has 0 unspecified atom stereocenters. The summed E-state index contributed by atoms with van der Waals surface area (Å²) in [5, 5.41) is 12.4. The van der Waals surface area contributed by atoms with E-state index < -0.39 is 12.5 Å². The Bertz CT molecular complexity index is 1110. The number of benzene rings is 3. The maximum atomic E-state index is 11.7. The SMILES string of the molecule is CCCOC(=O)CCCOc1cc(Cc2ccc(-c3ccc(Cl)cc3)cc2)ccc1NC(=O)CO. The van der Waals surface area contributed by atoms with Crippen LogP contribution in [0.25, 0.3) is 11.1 Å². The molecule has 0 aliphatic heterocycles. The van der Waals surface area contributed by atoms with Gasteiger partial charge in [-0.3, -0.25) is 9.59 Å². The third-order valence-corrected chi connectivity index (χ3v) is 5.51. The monoisotopic (exact) mass is 495 g/mol. The molecule has 0 radical (unpaired) electrons. The molecule has 0 saturated carbocycles. The highest BCUT2D eigenvalue weighted by atomic mass is 35.5. The zero-order valence-corrected chi connectivity index (χ0v) is 20.5. The molecule has 2 N–H and O–H groups in total. The van der Waals surface area contributed by atoms with E-state index in [1.165, 1.54) is 0 Å².